The van der Waals surface area contributed by atoms with Crippen LogP contribution in [0.5, 0.6) is 0 Å². The fraction of sp³-hybridized carbons (Fsp3) is 0.417. The normalized spacial score (nSPS) is 12.2. The minimum atomic E-state index is -0.193. The molecule has 1 unspecified atom stereocenters. The first kappa shape index (κ1) is 15.2. The Labute approximate surface area is 116 Å². The highest BCUT2D eigenvalue weighted by atomic mass is 35.5. The van der Waals surface area contributed by atoms with Crippen LogP contribution >= 0.6 is 23.2 Å². The van der Waals surface area contributed by atoms with Crippen molar-refractivity contribution in [2.75, 3.05) is 19.8 Å². The van der Waals surface area contributed by atoms with E-state index in [0.29, 0.717) is 23.2 Å². The zero-order chi connectivity index (χ0) is 13.5. The summed E-state index contributed by atoms with van der Waals surface area (Å²) in [6.45, 7) is 2.63. The van der Waals surface area contributed by atoms with E-state index in [2.05, 4.69) is 5.32 Å². The van der Waals surface area contributed by atoms with Crippen molar-refractivity contribution in [3.63, 3.8) is 0 Å². The summed E-state index contributed by atoms with van der Waals surface area (Å²) < 4.78 is 5.04. The first-order chi connectivity index (χ1) is 8.54. The topological polar surface area (TPSA) is 64.3 Å². The Bertz CT molecular complexity index is 413. The van der Waals surface area contributed by atoms with Gasteiger partial charge in [-0.25, -0.2) is 0 Å². The molecule has 1 rings (SSSR count). The maximum Gasteiger partial charge on any atom is 0.246 e. The molecule has 1 aromatic rings. The number of carbonyl (C=O) groups is 1. The molecule has 0 spiro atoms. The number of nitrogens with two attached hydrogens (primary N) is 1. The van der Waals surface area contributed by atoms with E-state index in [-0.39, 0.29) is 18.6 Å². The second-order valence-corrected chi connectivity index (χ2v) is 4.62. The zero-order valence-corrected chi connectivity index (χ0v) is 11.6. The number of benzene rings is 1. The zero-order valence-electron chi connectivity index (χ0n) is 10.1. The smallest absolute Gasteiger partial charge is 0.246 e. The fourth-order valence-electron chi connectivity index (χ4n) is 1.40. The highest BCUT2D eigenvalue weighted by Crippen LogP contribution is 2.25. The third-order valence-electron chi connectivity index (χ3n) is 2.32. The Hall–Kier alpha value is -0.810. The minimum absolute atomic E-state index is 0.00284. The number of amides is 1. The van der Waals surface area contributed by atoms with E-state index in [9.17, 15) is 4.79 Å². The van der Waals surface area contributed by atoms with Crippen LogP contribution in [0.25, 0.3) is 0 Å². The molecule has 100 valence electrons. The third kappa shape index (κ3) is 4.82. The van der Waals surface area contributed by atoms with Crippen molar-refractivity contribution < 1.29 is 9.53 Å². The highest BCUT2D eigenvalue weighted by Gasteiger charge is 2.10. The average molecular weight is 291 g/mol. The van der Waals surface area contributed by atoms with Crippen LogP contribution < -0.4 is 11.1 Å². The molecule has 0 fully saturated rings. The molecule has 18 heavy (non-hydrogen) atoms. The summed E-state index contributed by atoms with van der Waals surface area (Å²) in [5.41, 5.74) is 6.14. The molecule has 0 aliphatic heterocycles. The summed E-state index contributed by atoms with van der Waals surface area (Å²) in [6, 6.07) is 5.09. The standard InChI is InChI=1S/C12H16Cl2N2O2/c1-8(16-12(17)7-18-5-4-15)9-2-3-10(13)11(14)6-9/h2-3,6,8H,4-5,7,15H2,1H3,(H,16,17). The molecule has 1 aromatic carbocycles. The Kier molecular flexibility index (Phi) is 6.43. The quantitative estimate of drug-likeness (QED) is 0.789. The molecule has 0 heterocycles. The largest absolute Gasteiger partial charge is 0.370 e. The van der Waals surface area contributed by atoms with E-state index in [1.165, 1.54) is 0 Å². The summed E-state index contributed by atoms with van der Waals surface area (Å²) in [5.74, 6) is -0.193. The Balaban J connectivity index is 2.51. The van der Waals surface area contributed by atoms with Gasteiger partial charge in [-0.3, -0.25) is 4.79 Å². The van der Waals surface area contributed by atoms with E-state index in [1.807, 2.05) is 13.0 Å². The second kappa shape index (κ2) is 7.59. The molecule has 0 bridgehead atoms. The van der Waals surface area contributed by atoms with Crippen molar-refractivity contribution >= 4 is 29.1 Å². The number of hydrogen-bond acceptors (Lipinski definition) is 3. The monoisotopic (exact) mass is 290 g/mol. The molecule has 0 saturated carbocycles. The molecule has 0 radical (unpaired) electrons. The van der Waals surface area contributed by atoms with Crippen molar-refractivity contribution in [1.29, 1.82) is 0 Å². The second-order valence-electron chi connectivity index (χ2n) is 3.80. The molecule has 0 aliphatic carbocycles. The summed E-state index contributed by atoms with van der Waals surface area (Å²) in [7, 11) is 0. The lowest BCUT2D eigenvalue weighted by Crippen LogP contribution is -2.30. The molecule has 0 saturated heterocycles. The summed E-state index contributed by atoms with van der Waals surface area (Å²) >= 11 is 11.7. The molecular formula is C12H16Cl2N2O2. The van der Waals surface area contributed by atoms with E-state index < -0.39 is 0 Å². The molecule has 0 aromatic heterocycles. The van der Waals surface area contributed by atoms with Gasteiger partial charge < -0.3 is 15.8 Å². The number of ether oxygens (including phenoxy) is 1. The van der Waals surface area contributed by atoms with Gasteiger partial charge in [0.05, 0.1) is 22.7 Å². The number of halogens is 2. The average Bonchev–Trinajstić information content (AvgIpc) is 2.33. The maximum absolute atomic E-state index is 11.5. The summed E-state index contributed by atoms with van der Waals surface area (Å²) in [5, 5.41) is 3.75. The van der Waals surface area contributed by atoms with Gasteiger partial charge in [0, 0.05) is 6.54 Å². The van der Waals surface area contributed by atoms with Crippen LogP contribution in [0.15, 0.2) is 18.2 Å². The van der Waals surface area contributed by atoms with Crippen LogP contribution in [0.3, 0.4) is 0 Å². The fourth-order valence-corrected chi connectivity index (χ4v) is 1.70. The number of hydrogen-bond donors (Lipinski definition) is 2. The van der Waals surface area contributed by atoms with Gasteiger partial charge in [-0.2, -0.15) is 0 Å². The van der Waals surface area contributed by atoms with Gasteiger partial charge >= 0.3 is 0 Å². The molecule has 6 heteroatoms. The molecule has 1 amide bonds. The van der Waals surface area contributed by atoms with Gasteiger partial charge in [0.25, 0.3) is 0 Å². The minimum Gasteiger partial charge on any atom is -0.370 e. The van der Waals surface area contributed by atoms with Gasteiger partial charge in [0.15, 0.2) is 0 Å². The van der Waals surface area contributed by atoms with Crippen LogP contribution in [-0.2, 0) is 9.53 Å². The van der Waals surface area contributed by atoms with Crippen LogP contribution in [0, 0.1) is 0 Å². The maximum atomic E-state index is 11.5. The third-order valence-corrected chi connectivity index (χ3v) is 3.06. The Morgan fingerprint density at radius 3 is 2.78 bits per heavy atom. The van der Waals surface area contributed by atoms with Crippen molar-refractivity contribution in [1.82, 2.24) is 5.32 Å². The van der Waals surface area contributed by atoms with Crippen molar-refractivity contribution in [2.45, 2.75) is 13.0 Å². The molecular weight excluding hydrogens is 275 g/mol. The van der Waals surface area contributed by atoms with Gasteiger partial charge in [-0.05, 0) is 24.6 Å². The summed E-state index contributed by atoms with van der Waals surface area (Å²) in [4.78, 5) is 11.5. The van der Waals surface area contributed by atoms with Crippen molar-refractivity contribution in [3.05, 3.63) is 33.8 Å². The first-order valence-electron chi connectivity index (χ1n) is 5.56. The van der Waals surface area contributed by atoms with E-state index >= 15 is 0 Å². The SMILES string of the molecule is CC(NC(=O)COCCN)c1ccc(Cl)c(Cl)c1. The molecule has 0 aliphatic rings. The number of rotatable bonds is 6. The van der Waals surface area contributed by atoms with Gasteiger partial charge in [0.1, 0.15) is 6.61 Å². The number of nitrogens with one attached hydrogen (secondary N) is 1. The number of carbonyl (C=O) groups excluding carboxylic acids is 1. The molecule has 1 atom stereocenters. The highest BCUT2D eigenvalue weighted by molar-refractivity contribution is 6.42. The Morgan fingerprint density at radius 2 is 2.17 bits per heavy atom. The molecule has 3 N–H and O–H groups in total. The van der Waals surface area contributed by atoms with Gasteiger partial charge in [0.2, 0.25) is 5.91 Å². The lowest BCUT2D eigenvalue weighted by molar-refractivity contribution is -0.126. The van der Waals surface area contributed by atoms with E-state index in [4.69, 9.17) is 33.7 Å². The van der Waals surface area contributed by atoms with Crippen LogP contribution in [0.2, 0.25) is 10.0 Å². The van der Waals surface area contributed by atoms with Crippen LogP contribution in [-0.4, -0.2) is 25.7 Å². The van der Waals surface area contributed by atoms with Gasteiger partial charge in [-0.15, -0.1) is 0 Å². The van der Waals surface area contributed by atoms with E-state index in [1.54, 1.807) is 12.1 Å². The van der Waals surface area contributed by atoms with Crippen molar-refractivity contribution in [3.8, 4) is 0 Å². The van der Waals surface area contributed by atoms with Crippen molar-refractivity contribution in [2.24, 2.45) is 5.73 Å². The predicted molar refractivity (Wildman–Crippen MR) is 72.9 cm³/mol. The lowest BCUT2D eigenvalue weighted by Gasteiger charge is -2.15. The Morgan fingerprint density at radius 1 is 1.44 bits per heavy atom. The summed E-state index contributed by atoms with van der Waals surface area (Å²) in [6.07, 6.45) is 0. The lowest BCUT2D eigenvalue weighted by atomic mass is 10.1. The predicted octanol–water partition coefficient (Wildman–Crippen LogP) is 2.15. The van der Waals surface area contributed by atoms with Crippen LogP contribution in [0.1, 0.15) is 18.5 Å². The van der Waals surface area contributed by atoms with E-state index in [0.717, 1.165) is 5.56 Å². The van der Waals surface area contributed by atoms with Crippen LogP contribution in [0.4, 0.5) is 0 Å². The molecule has 4 nitrogen and oxygen atoms in total. The van der Waals surface area contributed by atoms with Gasteiger partial charge in [-0.1, -0.05) is 29.3 Å². The first-order valence-corrected chi connectivity index (χ1v) is 6.32.